The number of alkyl carbamates (subject to hydrolysis) is 1. The fourth-order valence-electron chi connectivity index (χ4n) is 4.63. The molecule has 36 heavy (non-hydrogen) atoms. The van der Waals surface area contributed by atoms with Crippen LogP contribution in [0, 0.1) is 5.41 Å². The van der Waals surface area contributed by atoms with E-state index >= 15 is 0 Å². The Bertz CT molecular complexity index is 1080. The summed E-state index contributed by atoms with van der Waals surface area (Å²) in [5, 5.41) is 15.2. The van der Waals surface area contributed by atoms with Crippen molar-refractivity contribution >= 4 is 29.3 Å². The van der Waals surface area contributed by atoms with Gasteiger partial charge in [0.15, 0.2) is 0 Å². The van der Waals surface area contributed by atoms with Crippen molar-refractivity contribution in [3.8, 4) is 16.5 Å². The molecule has 2 fully saturated rings. The molecule has 3 heterocycles. The van der Waals surface area contributed by atoms with E-state index < -0.39 is 41.6 Å². The second-order valence-corrected chi connectivity index (χ2v) is 11.2. The molecule has 0 radical (unpaired) electrons. The van der Waals surface area contributed by atoms with Gasteiger partial charge < -0.3 is 24.8 Å². The van der Waals surface area contributed by atoms with Gasteiger partial charge in [-0.3, -0.25) is 9.78 Å². The first-order chi connectivity index (χ1) is 17.1. The smallest absolute Gasteiger partial charge is 0.408 e. The Morgan fingerprint density at radius 1 is 1.17 bits per heavy atom. The maximum Gasteiger partial charge on any atom is 0.408 e. The molecule has 2 aromatic heterocycles. The van der Waals surface area contributed by atoms with Crippen molar-refractivity contribution in [2.75, 3.05) is 6.54 Å². The van der Waals surface area contributed by atoms with Gasteiger partial charge >= 0.3 is 12.1 Å². The predicted octanol–water partition coefficient (Wildman–Crippen LogP) is 3.72. The van der Waals surface area contributed by atoms with E-state index in [0.717, 1.165) is 30.7 Å². The molecule has 194 valence electrons. The van der Waals surface area contributed by atoms with Gasteiger partial charge in [0.05, 0.1) is 6.54 Å². The molecule has 0 aromatic carbocycles. The monoisotopic (exact) mass is 516 g/mol. The van der Waals surface area contributed by atoms with Crippen molar-refractivity contribution in [1.82, 2.24) is 20.2 Å². The van der Waals surface area contributed by atoms with E-state index in [9.17, 15) is 19.5 Å². The van der Waals surface area contributed by atoms with Crippen LogP contribution in [-0.2, 0) is 14.3 Å². The van der Waals surface area contributed by atoms with Crippen LogP contribution in [0.4, 0.5) is 4.79 Å². The SMILES string of the molecule is CC(C)(C)C(NC(=O)OC1CCCC1)C(=O)N1CC(Oc2ccnc(-c3nccs3)c2)CC1C(=O)O. The Hall–Kier alpha value is -3.21. The number of aromatic nitrogens is 2. The van der Waals surface area contributed by atoms with Gasteiger partial charge in [-0.1, -0.05) is 20.8 Å². The first-order valence-electron chi connectivity index (χ1n) is 12.1. The number of hydrogen-bond acceptors (Lipinski definition) is 8. The molecular weight excluding hydrogens is 484 g/mol. The van der Waals surface area contributed by atoms with E-state index in [1.165, 1.54) is 16.2 Å². The number of pyridine rings is 1. The Labute approximate surface area is 214 Å². The van der Waals surface area contributed by atoms with Crippen molar-refractivity contribution in [2.45, 2.75) is 77.2 Å². The summed E-state index contributed by atoms with van der Waals surface area (Å²) in [6.07, 6.45) is 5.74. The molecule has 1 saturated heterocycles. The summed E-state index contributed by atoms with van der Waals surface area (Å²) >= 11 is 1.45. The van der Waals surface area contributed by atoms with Crippen molar-refractivity contribution in [3.05, 3.63) is 29.9 Å². The standard InChI is InChI=1S/C25H32N4O6S/c1-25(2,3)20(28-24(33)35-15-6-4-5-7-15)22(30)29-14-17(13-19(29)23(31)32)34-16-8-9-26-18(12-16)21-27-10-11-36-21/h8-12,15,17,19-20H,4-7,13-14H2,1-3H3,(H,28,33)(H,31,32). The molecule has 1 saturated carbocycles. The van der Waals surface area contributed by atoms with E-state index in [0.29, 0.717) is 11.4 Å². The normalized spacial score (nSPS) is 21.2. The molecule has 2 aromatic rings. The van der Waals surface area contributed by atoms with Gasteiger partial charge in [0.25, 0.3) is 0 Å². The van der Waals surface area contributed by atoms with E-state index in [1.54, 1.807) is 24.5 Å². The average molecular weight is 517 g/mol. The Kier molecular flexibility index (Phi) is 7.77. The number of nitrogens with one attached hydrogen (secondary N) is 1. The summed E-state index contributed by atoms with van der Waals surface area (Å²) in [5.74, 6) is -1.07. The number of hydrogen-bond donors (Lipinski definition) is 2. The third-order valence-electron chi connectivity index (χ3n) is 6.47. The summed E-state index contributed by atoms with van der Waals surface area (Å²) in [6.45, 7) is 5.55. The third-order valence-corrected chi connectivity index (χ3v) is 7.26. The zero-order valence-electron chi connectivity index (χ0n) is 20.7. The number of aliphatic carboxylic acids is 1. The van der Waals surface area contributed by atoms with E-state index in [1.807, 2.05) is 26.2 Å². The lowest BCUT2D eigenvalue weighted by molar-refractivity contribution is -0.150. The lowest BCUT2D eigenvalue weighted by atomic mass is 9.85. The molecule has 2 aliphatic rings. The van der Waals surface area contributed by atoms with Crippen molar-refractivity contribution in [1.29, 1.82) is 0 Å². The molecule has 2 amide bonds. The average Bonchev–Trinajstić information content (AvgIpc) is 3.58. The van der Waals surface area contributed by atoms with Gasteiger partial charge in [-0.15, -0.1) is 11.3 Å². The van der Waals surface area contributed by atoms with E-state index in [2.05, 4.69) is 15.3 Å². The number of thiazole rings is 1. The van der Waals surface area contributed by atoms with Crippen LogP contribution < -0.4 is 10.1 Å². The minimum atomic E-state index is -1.12. The second kappa shape index (κ2) is 10.8. The van der Waals surface area contributed by atoms with Crippen LogP contribution in [-0.4, -0.2) is 68.8 Å². The number of likely N-dealkylation sites (tertiary alicyclic amines) is 1. The van der Waals surface area contributed by atoms with Crippen LogP contribution >= 0.6 is 11.3 Å². The molecule has 1 aliphatic carbocycles. The molecule has 0 spiro atoms. The Balaban J connectivity index is 1.47. The molecule has 4 rings (SSSR count). The third kappa shape index (κ3) is 6.13. The largest absolute Gasteiger partial charge is 0.488 e. The Morgan fingerprint density at radius 2 is 1.92 bits per heavy atom. The van der Waals surface area contributed by atoms with E-state index in [-0.39, 0.29) is 19.1 Å². The lowest BCUT2D eigenvalue weighted by Crippen LogP contribution is -2.57. The number of carbonyl (C=O) groups excluding carboxylic acids is 2. The van der Waals surface area contributed by atoms with E-state index in [4.69, 9.17) is 9.47 Å². The first-order valence-corrected chi connectivity index (χ1v) is 13.0. The van der Waals surface area contributed by atoms with Crippen LogP contribution in [0.2, 0.25) is 0 Å². The van der Waals surface area contributed by atoms with Crippen LogP contribution in [0.15, 0.2) is 29.9 Å². The maximum atomic E-state index is 13.6. The quantitative estimate of drug-likeness (QED) is 0.569. The molecule has 3 atom stereocenters. The molecule has 2 N–H and O–H groups in total. The number of amides is 2. The minimum absolute atomic E-state index is 0.0800. The van der Waals surface area contributed by atoms with Gasteiger partial charge in [-0.2, -0.15) is 0 Å². The van der Waals surface area contributed by atoms with Crippen molar-refractivity contribution in [3.63, 3.8) is 0 Å². The number of ether oxygens (including phenoxy) is 2. The highest BCUT2D eigenvalue weighted by Gasteiger charge is 2.46. The summed E-state index contributed by atoms with van der Waals surface area (Å²) < 4.78 is 11.6. The van der Waals surface area contributed by atoms with Crippen LogP contribution in [0.25, 0.3) is 10.7 Å². The number of nitrogens with zero attached hydrogens (tertiary/aromatic N) is 3. The summed E-state index contributed by atoms with van der Waals surface area (Å²) in [6, 6.07) is 1.41. The summed E-state index contributed by atoms with van der Waals surface area (Å²) in [7, 11) is 0. The second-order valence-electron chi connectivity index (χ2n) is 10.3. The van der Waals surface area contributed by atoms with Crippen LogP contribution in [0.1, 0.15) is 52.9 Å². The van der Waals surface area contributed by atoms with Crippen LogP contribution in [0.5, 0.6) is 5.75 Å². The zero-order valence-corrected chi connectivity index (χ0v) is 21.5. The Morgan fingerprint density at radius 3 is 2.56 bits per heavy atom. The van der Waals surface area contributed by atoms with Crippen LogP contribution in [0.3, 0.4) is 0 Å². The minimum Gasteiger partial charge on any atom is -0.488 e. The predicted molar refractivity (Wildman–Crippen MR) is 133 cm³/mol. The maximum absolute atomic E-state index is 13.6. The number of rotatable bonds is 7. The van der Waals surface area contributed by atoms with Gasteiger partial charge in [-0.25, -0.2) is 14.6 Å². The number of carbonyl (C=O) groups is 3. The molecule has 11 heteroatoms. The first kappa shape index (κ1) is 25.9. The highest BCUT2D eigenvalue weighted by atomic mass is 32.1. The number of carboxylic acids is 1. The van der Waals surface area contributed by atoms with Gasteiger partial charge in [0.2, 0.25) is 5.91 Å². The lowest BCUT2D eigenvalue weighted by Gasteiger charge is -2.34. The fraction of sp³-hybridized carbons (Fsp3) is 0.560. The highest BCUT2D eigenvalue weighted by Crippen LogP contribution is 2.30. The number of carboxylic acid groups (broad SMARTS) is 1. The molecule has 10 nitrogen and oxygen atoms in total. The van der Waals surface area contributed by atoms with Gasteiger partial charge in [0, 0.05) is 30.3 Å². The van der Waals surface area contributed by atoms with Gasteiger partial charge in [0.1, 0.15) is 40.7 Å². The molecular formula is C25H32N4O6S. The highest BCUT2D eigenvalue weighted by molar-refractivity contribution is 7.13. The van der Waals surface area contributed by atoms with Gasteiger partial charge in [-0.05, 0) is 37.2 Å². The van der Waals surface area contributed by atoms with Crippen molar-refractivity contribution in [2.24, 2.45) is 5.41 Å². The molecule has 0 bridgehead atoms. The zero-order chi connectivity index (χ0) is 25.9. The summed E-state index contributed by atoms with van der Waals surface area (Å²) in [4.78, 5) is 48.1. The molecule has 1 aliphatic heterocycles. The molecule has 3 unspecified atom stereocenters. The summed E-state index contributed by atoms with van der Waals surface area (Å²) in [5.41, 5.74) is -0.0115. The topological polar surface area (TPSA) is 131 Å². The van der Waals surface area contributed by atoms with Crippen molar-refractivity contribution < 1.29 is 29.0 Å². The fourth-order valence-corrected chi connectivity index (χ4v) is 5.23.